The summed E-state index contributed by atoms with van der Waals surface area (Å²) >= 11 is 0. The van der Waals surface area contributed by atoms with E-state index in [1.54, 1.807) is 0 Å². The summed E-state index contributed by atoms with van der Waals surface area (Å²) in [4.78, 5) is 10.6. The fraction of sp³-hybridized carbons (Fsp3) is 0.909. The lowest BCUT2D eigenvalue weighted by atomic mass is 9.99. The van der Waals surface area contributed by atoms with E-state index in [4.69, 9.17) is 4.74 Å². The number of hydrogen-bond donors (Lipinski definition) is 5. The molecule has 0 bridgehead atoms. The molecule has 0 spiro atoms. The van der Waals surface area contributed by atoms with Crippen LogP contribution in [0.4, 0.5) is 0 Å². The molecule has 1 heterocycles. The van der Waals surface area contributed by atoms with Crippen LogP contribution in [0.1, 0.15) is 20.3 Å². The highest BCUT2D eigenvalue weighted by Crippen LogP contribution is 2.31. The summed E-state index contributed by atoms with van der Waals surface area (Å²) in [5.74, 6) is -2.24. The molecule has 112 valence electrons. The van der Waals surface area contributed by atoms with E-state index in [1.807, 2.05) is 0 Å². The van der Waals surface area contributed by atoms with E-state index in [9.17, 15) is 30.3 Å². The van der Waals surface area contributed by atoms with Gasteiger partial charge >= 0.3 is 5.97 Å². The van der Waals surface area contributed by atoms with Crippen molar-refractivity contribution in [2.45, 2.75) is 56.6 Å². The lowest BCUT2D eigenvalue weighted by molar-refractivity contribution is -0.215. The molecule has 0 radical (unpaired) electrons. The van der Waals surface area contributed by atoms with E-state index in [-0.39, 0.29) is 6.42 Å². The van der Waals surface area contributed by atoms with Gasteiger partial charge < -0.3 is 35.0 Å². The molecule has 5 N–H and O–H groups in total. The molecule has 0 aromatic rings. The summed E-state index contributed by atoms with van der Waals surface area (Å²) < 4.78 is 9.49. The summed E-state index contributed by atoms with van der Waals surface area (Å²) in [5, 5.41) is 48.2. The molecule has 19 heavy (non-hydrogen) atoms. The summed E-state index contributed by atoms with van der Waals surface area (Å²) in [7, 11) is 0. The monoisotopic (exact) mass is 280 g/mol. The van der Waals surface area contributed by atoms with Gasteiger partial charge in [0, 0.05) is 13.3 Å². The van der Waals surface area contributed by atoms with Crippen LogP contribution in [0.3, 0.4) is 0 Å². The van der Waals surface area contributed by atoms with Gasteiger partial charge in [-0.25, -0.2) is 0 Å². The Hall–Kier alpha value is -0.770. The van der Waals surface area contributed by atoms with Crippen molar-refractivity contribution >= 4 is 5.97 Å². The third-order valence-corrected chi connectivity index (χ3v) is 2.90. The maximum Gasteiger partial charge on any atom is 0.302 e. The molecule has 1 aliphatic rings. The van der Waals surface area contributed by atoms with E-state index in [0.717, 1.165) is 6.92 Å². The third kappa shape index (κ3) is 4.37. The largest absolute Gasteiger partial charge is 0.463 e. The van der Waals surface area contributed by atoms with E-state index >= 15 is 0 Å². The Bertz CT molecular complexity index is 318. The number of aliphatic hydroxyl groups excluding tert-OH is 4. The van der Waals surface area contributed by atoms with Gasteiger partial charge in [0.1, 0.15) is 31.0 Å². The van der Waals surface area contributed by atoms with E-state index < -0.39 is 48.9 Å². The second-order valence-electron chi connectivity index (χ2n) is 4.88. The molecular formula is C11H20O8. The van der Waals surface area contributed by atoms with E-state index in [0.29, 0.717) is 0 Å². The van der Waals surface area contributed by atoms with Gasteiger partial charge in [-0.2, -0.15) is 0 Å². The number of aliphatic hydroxyl groups is 5. The van der Waals surface area contributed by atoms with Crippen LogP contribution in [-0.4, -0.2) is 74.4 Å². The van der Waals surface area contributed by atoms with Crippen LogP contribution in [0.15, 0.2) is 0 Å². The Labute approximate surface area is 110 Å². The van der Waals surface area contributed by atoms with E-state index in [1.165, 1.54) is 6.92 Å². The number of ether oxygens (including phenoxy) is 2. The van der Waals surface area contributed by atoms with Crippen molar-refractivity contribution in [1.82, 2.24) is 0 Å². The van der Waals surface area contributed by atoms with Gasteiger partial charge in [-0.15, -0.1) is 0 Å². The average molecular weight is 280 g/mol. The average Bonchev–Trinajstić information content (AvgIpc) is 2.57. The van der Waals surface area contributed by atoms with Crippen molar-refractivity contribution in [1.29, 1.82) is 0 Å². The maximum absolute atomic E-state index is 10.6. The molecule has 1 aliphatic heterocycles. The lowest BCUT2D eigenvalue weighted by Crippen LogP contribution is -2.49. The number of carbonyl (C=O) groups is 1. The Morgan fingerprint density at radius 3 is 2.47 bits per heavy atom. The number of hydrogen-bond acceptors (Lipinski definition) is 8. The van der Waals surface area contributed by atoms with Crippen molar-refractivity contribution in [3.8, 4) is 0 Å². The molecule has 8 nitrogen and oxygen atoms in total. The maximum atomic E-state index is 10.6. The predicted octanol–water partition coefficient (Wildman–Crippen LogP) is -2.51. The molecule has 0 amide bonds. The Morgan fingerprint density at radius 1 is 1.47 bits per heavy atom. The minimum Gasteiger partial charge on any atom is -0.463 e. The molecule has 1 rings (SSSR count). The minimum atomic E-state index is -1.69. The smallest absolute Gasteiger partial charge is 0.302 e. The lowest BCUT2D eigenvalue weighted by Gasteiger charge is -2.28. The van der Waals surface area contributed by atoms with Crippen molar-refractivity contribution in [3.05, 3.63) is 0 Å². The highest BCUT2D eigenvalue weighted by Gasteiger charge is 2.47. The Kier molecular flexibility index (Phi) is 5.25. The summed E-state index contributed by atoms with van der Waals surface area (Å²) in [6, 6.07) is 0. The van der Waals surface area contributed by atoms with Crippen LogP contribution >= 0.6 is 0 Å². The third-order valence-electron chi connectivity index (χ3n) is 2.90. The van der Waals surface area contributed by atoms with Crippen LogP contribution in [0.25, 0.3) is 0 Å². The number of carbonyl (C=O) groups excluding carboxylic acids is 1. The summed E-state index contributed by atoms with van der Waals surface area (Å²) in [6.45, 7) is 1.95. The first-order valence-corrected chi connectivity index (χ1v) is 5.90. The number of rotatable bonds is 5. The molecular weight excluding hydrogens is 260 g/mol. The summed E-state index contributed by atoms with van der Waals surface area (Å²) in [6.07, 6.45) is -7.39. The predicted molar refractivity (Wildman–Crippen MR) is 60.8 cm³/mol. The zero-order valence-corrected chi connectivity index (χ0v) is 10.8. The van der Waals surface area contributed by atoms with Crippen LogP contribution in [-0.2, 0) is 14.3 Å². The fourth-order valence-corrected chi connectivity index (χ4v) is 1.94. The first kappa shape index (κ1) is 16.3. The second-order valence-corrected chi connectivity index (χ2v) is 4.88. The van der Waals surface area contributed by atoms with Gasteiger partial charge in [0.25, 0.3) is 0 Å². The summed E-state index contributed by atoms with van der Waals surface area (Å²) in [5.41, 5.74) is 0. The van der Waals surface area contributed by atoms with Crippen LogP contribution in [0, 0.1) is 0 Å². The molecule has 1 saturated heterocycles. The molecule has 0 aliphatic carbocycles. The van der Waals surface area contributed by atoms with Crippen LogP contribution in [0.5, 0.6) is 0 Å². The Balaban J connectivity index is 2.56. The minimum absolute atomic E-state index is 0.124. The first-order valence-electron chi connectivity index (χ1n) is 5.90. The first-order chi connectivity index (χ1) is 8.64. The SMILES string of the molecule is CC(=O)OCC(O)[C@@H](O)[C@H](O)[C@H]1OC(C)(O)C[C@H]1O. The molecule has 0 saturated carbocycles. The molecule has 1 fully saturated rings. The second kappa shape index (κ2) is 6.12. The van der Waals surface area contributed by atoms with Gasteiger partial charge in [0.2, 0.25) is 0 Å². The van der Waals surface area contributed by atoms with Crippen LogP contribution in [0.2, 0.25) is 0 Å². The van der Waals surface area contributed by atoms with Gasteiger partial charge in [-0.05, 0) is 6.92 Å². The van der Waals surface area contributed by atoms with Gasteiger partial charge in [-0.1, -0.05) is 0 Å². The van der Waals surface area contributed by atoms with Crippen LogP contribution < -0.4 is 0 Å². The van der Waals surface area contributed by atoms with Crippen molar-refractivity contribution in [2.75, 3.05) is 6.61 Å². The molecule has 8 heteroatoms. The molecule has 2 unspecified atom stereocenters. The zero-order valence-electron chi connectivity index (χ0n) is 10.8. The standard InChI is InChI=1S/C11H20O8/c1-5(12)18-4-7(14)8(15)9(16)10-6(13)3-11(2,17)19-10/h6-10,13-17H,3-4H2,1-2H3/t6-,7?,8-,9+,10+,11?/m1/s1. The fourth-order valence-electron chi connectivity index (χ4n) is 1.94. The highest BCUT2D eigenvalue weighted by molar-refractivity contribution is 5.65. The highest BCUT2D eigenvalue weighted by atomic mass is 16.7. The van der Waals surface area contributed by atoms with Gasteiger partial charge in [0.05, 0.1) is 6.10 Å². The molecule has 0 aromatic carbocycles. The topological polar surface area (TPSA) is 137 Å². The Morgan fingerprint density at radius 2 is 2.05 bits per heavy atom. The van der Waals surface area contributed by atoms with Crippen molar-refractivity contribution < 1.29 is 39.8 Å². The molecule has 0 aromatic heterocycles. The van der Waals surface area contributed by atoms with Crippen molar-refractivity contribution in [2.24, 2.45) is 0 Å². The quantitative estimate of drug-likeness (QED) is 0.348. The zero-order chi connectivity index (χ0) is 14.8. The number of esters is 1. The van der Waals surface area contributed by atoms with E-state index in [2.05, 4.69) is 4.74 Å². The van der Waals surface area contributed by atoms with Crippen molar-refractivity contribution in [3.63, 3.8) is 0 Å². The molecule has 6 atom stereocenters. The van der Waals surface area contributed by atoms with Gasteiger partial charge in [0.15, 0.2) is 5.79 Å². The normalized spacial score (nSPS) is 35.7. The van der Waals surface area contributed by atoms with Gasteiger partial charge in [-0.3, -0.25) is 4.79 Å².